The second kappa shape index (κ2) is 7.03. The fraction of sp³-hybridized carbons (Fsp3) is 0.211. The maximum atomic E-state index is 13.2. The minimum atomic E-state index is -0.680. The molecule has 26 heavy (non-hydrogen) atoms. The van der Waals surface area contributed by atoms with Crippen LogP contribution in [0, 0.1) is 32.4 Å². The highest BCUT2D eigenvalue weighted by Gasteiger charge is 2.12. The van der Waals surface area contributed by atoms with E-state index in [1.54, 1.807) is 16.8 Å². The molecule has 0 aliphatic heterocycles. The van der Waals surface area contributed by atoms with Crippen LogP contribution in [0.5, 0.6) is 0 Å². The van der Waals surface area contributed by atoms with E-state index < -0.39 is 11.6 Å². The van der Waals surface area contributed by atoms with Crippen LogP contribution in [0.4, 0.5) is 8.78 Å². The lowest BCUT2D eigenvalue weighted by Gasteiger charge is -2.07. The molecule has 0 aliphatic rings. The molecule has 0 saturated heterocycles. The Bertz CT molecular complexity index is 944. The molecular formula is C19H18F2N4O. The van der Waals surface area contributed by atoms with Gasteiger partial charge in [0.15, 0.2) is 5.82 Å². The fourth-order valence-corrected chi connectivity index (χ4v) is 2.59. The number of pyridine rings is 1. The lowest BCUT2D eigenvalue weighted by Crippen LogP contribution is -2.23. The molecule has 0 unspecified atom stereocenters. The van der Waals surface area contributed by atoms with Crippen LogP contribution in [-0.4, -0.2) is 20.7 Å². The number of rotatable bonds is 4. The first-order valence-electron chi connectivity index (χ1n) is 8.07. The SMILES string of the molecule is Cc1nn(-c2ccc(C(=O)NCc3cc(F)cc(F)c3)cn2)c(C)c1C. The minimum Gasteiger partial charge on any atom is -0.348 e. The van der Waals surface area contributed by atoms with Crippen LogP contribution in [0.3, 0.4) is 0 Å². The Morgan fingerprint density at radius 2 is 1.81 bits per heavy atom. The van der Waals surface area contributed by atoms with E-state index in [0.717, 1.165) is 23.0 Å². The lowest BCUT2D eigenvalue weighted by atomic mass is 10.2. The molecule has 0 fully saturated rings. The van der Waals surface area contributed by atoms with E-state index in [-0.39, 0.29) is 12.5 Å². The average Bonchev–Trinajstić information content (AvgIpc) is 2.86. The highest BCUT2D eigenvalue weighted by molar-refractivity contribution is 5.93. The van der Waals surface area contributed by atoms with Crippen LogP contribution >= 0.6 is 0 Å². The van der Waals surface area contributed by atoms with Crippen LogP contribution in [-0.2, 0) is 6.54 Å². The molecule has 2 heterocycles. The van der Waals surface area contributed by atoms with Gasteiger partial charge in [0, 0.05) is 24.5 Å². The summed E-state index contributed by atoms with van der Waals surface area (Å²) in [5, 5.41) is 7.05. The van der Waals surface area contributed by atoms with Gasteiger partial charge in [0.05, 0.1) is 11.3 Å². The normalized spacial score (nSPS) is 10.8. The first kappa shape index (κ1) is 17.7. The van der Waals surface area contributed by atoms with Crippen molar-refractivity contribution in [1.82, 2.24) is 20.1 Å². The van der Waals surface area contributed by atoms with Crippen molar-refractivity contribution < 1.29 is 13.6 Å². The van der Waals surface area contributed by atoms with Gasteiger partial charge in [-0.25, -0.2) is 18.4 Å². The second-order valence-electron chi connectivity index (χ2n) is 6.07. The van der Waals surface area contributed by atoms with Crippen LogP contribution < -0.4 is 5.32 Å². The van der Waals surface area contributed by atoms with Gasteiger partial charge in [-0.15, -0.1) is 0 Å². The average molecular weight is 356 g/mol. The van der Waals surface area contributed by atoms with Crippen molar-refractivity contribution in [2.24, 2.45) is 0 Å². The molecule has 7 heteroatoms. The number of nitrogens with one attached hydrogen (secondary N) is 1. The maximum Gasteiger partial charge on any atom is 0.253 e. The van der Waals surface area contributed by atoms with Gasteiger partial charge >= 0.3 is 0 Å². The third-order valence-corrected chi connectivity index (χ3v) is 4.26. The van der Waals surface area contributed by atoms with Gasteiger partial charge in [-0.3, -0.25) is 4.79 Å². The Balaban J connectivity index is 1.71. The van der Waals surface area contributed by atoms with Gasteiger partial charge in [0.1, 0.15) is 11.6 Å². The number of hydrogen-bond donors (Lipinski definition) is 1. The third-order valence-electron chi connectivity index (χ3n) is 4.26. The Kier molecular flexibility index (Phi) is 4.79. The van der Waals surface area contributed by atoms with Gasteiger partial charge in [-0.1, -0.05) is 0 Å². The van der Waals surface area contributed by atoms with Crippen molar-refractivity contribution in [1.29, 1.82) is 0 Å². The topological polar surface area (TPSA) is 59.8 Å². The van der Waals surface area contributed by atoms with Crippen LogP contribution in [0.2, 0.25) is 0 Å². The van der Waals surface area contributed by atoms with Gasteiger partial charge in [0.25, 0.3) is 5.91 Å². The van der Waals surface area contributed by atoms with Crippen molar-refractivity contribution in [2.75, 3.05) is 0 Å². The van der Waals surface area contributed by atoms with Crippen LogP contribution in [0.25, 0.3) is 5.82 Å². The number of aryl methyl sites for hydroxylation is 1. The maximum absolute atomic E-state index is 13.2. The van der Waals surface area contributed by atoms with Crippen molar-refractivity contribution >= 4 is 5.91 Å². The molecule has 3 aromatic rings. The summed E-state index contributed by atoms with van der Waals surface area (Å²) in [6.07, 6.45) is 1.45. The van der Waals surface area contributed by atoms with Gasteiger partial charge in [0.2, 0.25) is 0 Å². The summed E-state index contributed by atoms with van der Waals surface area (Å²) in [7, 11) is 0. The van der Waals surface area contributed by atoms with Gasteiger partial charge in [-0.05, 0) is 56.2 Å². The molecular weight excluding hydrogens is 338 g/mol. The Morgan fingerprint density at radius 1 is 1.12 bits per heavy atom. The Labute approximate surface area is 149 Å². The molecule has 134 valence electrons. The van der Waals surface area contributed by atoms with E-state index in [1.807, 2.05) is 20.8 Å². The number of aromatic nitrogens is 3. The fourth-order valence-electron chi connectivity index (χ4n) is 2.59. The zero-order chi connectivity index (χ0) is 18.8. The highest BCUT2D eigenvalue weighted by Crippen LogP contribution is 2.15. The largest absolute Gasteiger partial charge is 0.348 e. The molecule has 0 radical (unpaired) electrons. The number of hydrogen-bond acceptors (Lipinski definition) is 3. The molecule has 0 aliphatic carbocycles. The molecule has 0 bridgehead atoms. The molecule has 0 spiro atoms. The molecule has 3 rings (SSSR count). The smallest absolute Gasteiger partial charge is 0.253 e. The van der Waals surface area contributed by atoms with Crippen molar-refractivity contribution in [3.8, 4) is 5.82 Å². The van der Waals surface area contributed by atoms with E-state index in [1.165, 1.54) is 18.3 Å². The minimum absolute atomic E-state index is 0.0198. The predicted molar refractivity (Wildman–Crippen MR) is 93.1 cm³/mol. The molecule has 1 N–H and O–H groups in total. The third kappa shape index (κ3) is 3.61. The summed E-state index contributed by atoms with van der Waals surface area (Å²) in [6, 6.07) is 6.48. The quantitative estimate of drug-likeness (QED) is 0.779. The summed E-state index contributed by atoms with van der Waals surface area (Å²) in [5.74, 6) is -1.12. The van der Waals surface area contributed by atoms with E-state index in [2.05, 4.69) is 15.4 Å². The van der Waals surface area contributed by atoms with Crippen LogP contribution in [0.15, 0.2) is 36.5 Å². The highest BCUT2D eigenvalue weighted by atomic mass is 19.1. The Morgan fingerprint density at radius 3 is 2.35 bits per heavy atom. The molecule has 2 aromatic heterocycles. The summed E-state index contributed by atoms with van der Waals surface area (Å²) in [5.41, 5.74) is 3.70. The molecule has 1 aromatic carbocycles. The molecule has 0 saturated carbocycles. The second-order valence-corrected chi connectivity index (χ2v) is 6.07. The van der Waals surface area contributed by atoms with E-state index in [0.29, 0.717) is 16.9 Å². The van der Waals surface area contributed by atoms with E-state index >= 15 is 0 Å². The Hall–Kier alpha value is -3.09. The summed E-state index contributed by atoms with van der Waals surface area (Å²) in [4.78, 5) is 16.5. The van der Waals surface area contributed by atoms with Crippen molar-refractivity contribution in [2.45, 2.75) is 27.3 Å². The first-order valence-corrected chi connectivity index (χ1v) is 8.07. The molecule has 0 atom stereocenters. The van der Waals surface area contributed by atoms with Crippen LogP contribution in [0.1, 0.15) is 32.9 Å². The lowest BCUT2D eigenvalue weighted by molar-refractivity contribution is 0.0950. The number of carbonyl (C=O) groups is 1. The number of benzene rings is 1. The number of amides is 1. The standard InChI is InChI=1S/C19H18F2N4O/c1-11-12(2)24-25(13(11)3)18-5-4-15(10-22-18)19(26)23-9-14-6-16(20)8-17(21)7-14/h4-8,10H,9H2,1-3H3,(H,23,26). The monoisotopic (exact) mass is 356 g/mol. The molecule has 1 amide bonds. The number of carbonyl (C=O) groups excluding carboxylic acids is 1. The number of halogens is 2. The van der Waals surface area contributed by atoms with E-state index in [9.17, 15) is 13.6 Å². The van der Waals surface area contributed by atoms with Gasteiger partial charge in [-0.2, -0.15) is 5.10 Å². The summed E-state index contributed by atoms with van der Waals surface area (Å²) in [6.45, 7) is 5.89. The predicted octanol–water partition coefficient (Wildman–Crippen LogP) is 3.40. The van der Waals surface area contributed by atoms with E-state index in [4.69, 9.17) is 0 Å². The first-order chi connectivity index (χ1) is 12.3. The molecule has 5 nitrogen and oxygen atoms in total. The van der Waals surface area contributed by atoms with Crippen molar-refractivity contribution in [3.05, 3.63) is 76.2 Å². The van der Waals surface area contributed by atoms with Gasteiger partial charge < -0.3 is 5.32 Å². The number of nitrogens with zero attached hydrogens (tertiary/aromatic N) is 3. The summed E-state index contributed by atoms with van der Waals surface area (Å²) < 4.78 is 28.1. The summed E-state index contributed by atoms with van der Waals surface area (Å²) >= 11 is 0. The zero-order valence-electron chi connectivity index (χ0n) is 14.7. The zero-order valence-corrected chi connectivity index (χ0v) is 14.7. The van der Waals surface area contributed by atoms with Crippen molar-refractivity contribution in [3.63, 3.8) is 0 Å².